The fourth-order valence-electron chi connectivity index (χ4n) is 0.580. The molecule has 0 heterocycles. The van der Waals surface area contributed by atoms with Gasteiger partial charge in [0.1, 0.15) is 0 Å². The number of hydrogen-bond acceptors (Lipinski definition) is 3. The highest BCUT2D eigenvalue weighted by molar-refractivity contribution is 4.60. The number of aliphatic hydroxyl groups is 2. The van der Waals surface area contributed by atoms with Crippen LogP contribution in [0.5, 0.6) is 0 Å². The van der Waals surface area contributed by atoms with Gasteiger partial charge in [0.2, 0.25) is 0 Å². The molecule has 0 amide bonds. The fourth-order valence-corrected chi connectivity index (χ4v) is 0.580. The van der Waals surface area contributed by atoms with Crippen LogP contribution >= 0.6 is 0 Å². The topological polar surface area (TPSA) is 49.7 Å². The van der Waals surface area contributed by atoms with Crippen molar-refractivity contribution >= 4 is 0 Å². The Balaban J connectivity index is 3.75. The van der Waals surface area contributed by atoms with E-state index in [9.17, 15) is 0 Å². The van der Waals surface area contributed by atoms with E-state index in [1.165, 1.54) is 6.92 Å². The summed E-state index contributed by atoms with van der Waals surface area (Å²) < 4.78 is 4.74. The molecule has 0 rings (SSSR count). The predicted molar refractivity (Wildman–Crippen MR) is 33.7 cm³/mol. The van der Waals surface area contributed by atoms with Gasteiger partial charge in [0.15, 0.2) is 0 Å². The normalized spacial score (nSPS) is 14.0. The van der Waals surface area contributed by atoms with E-state index >= 15 is 0 Å². The molecule has 0 saturated carbocycles. The molecule has 0 spiro atoms. The van der Waals surface area contributed by atoms with Crippen LogP contribution < -0.4 is 0 Å². The van der Waals surface area contributed by atoms with Gasteiger partial charge < -0.3 is 14.9 Å². The molecule has 0 unspecified atom stereocenters. The Morgan fingerprint density at radius 1 is 1.00 bits per heavy atom. The van der Waals surface area contributed by atoms with Crippen molar-refractivity contribution in [3.05, 3.63) is 0 Å². The zero-order valence-electron chi connectivity index (χ0n) is 6.30. The Kier molecular flexibility index (Phi) is 2.22. The first-order chi connectivity index (χ1) is 3.71. The van der Waals surface area contributed by atoms with E-state index in [2.05, 4.69) is 0 Å². The van der Waals surface area contributed by atoms with Crippen LogP contribution in [0, 0.1) is 0 Å². The zero-order chi connectivity index (χ0) is 7.71. The van der Waals surface area contributed by atoms with E-state index < -0.39 is 11.6 Å². The third-order valence-electron chi connectivity index (χ3n) is 0.500. The second kappa shape index (κ2) is 2.25. The summed E-state index contributed by atoms with van der Waals surface area (Å²) in [5.41, 5.74) is -0.516. The predicted octanol–water partition coefficient (Wildman–Crippen LogP) is 0.460. The van der Waals surface area contributed by atoms with Gasteiger partial charge in [-0.1, -0.05) is 0 Å². The van der Waals surface area contributed by atoms with Gasteiger partial charge in [0.05, 0.1) is 5.60 Å². The minimum absolute atomic E-state index is 0.516. The van der Waals surface area contributed by atoms with Crippen molar-refractivity contribution in [3.8, 4) is 0 Å². The Labute approximate surface area is 55.3 Å². The molecule has 0 aromatic rings. The van der Waals surface area contributed by atoms with Crippen LogP contribution in [0.1, 0.15) is 27.7 Å². The Morgan fingerprint density at radius 3 is 1.33 bits per heavy atom. The summed E-state index contributed by atoms with van der Waals surface area (Å²) in [7, 11) is 0. The molecule has 0 saturated heterocycles. The van der Waals surface area contributed by atoms with Gasteiger partial charge in [-0.05, 0) is 20.8 Å². The third kappa shape index (κ3) is 7.88. The highest BCUT2D eigenvalue weighted by Crippen LogP contribution is 2.14. The lowest BCUT2D eigenvalue weighted by Crippen LogP contribution is -2.36. The van der Waals surface area contributed by atoms with Gasteiger partial charge >= 0.3 is 0 Å². The lowest BCUT2D eigenvalue weighted by Gasteiger charge is -2.27. The molecule has 0 aliphatic heterocycles. The van der Waals surface area contributed by atoms with Gasteiger partial charge in [-0.2, -0.15) is 0 Å². The van der Waals surface area contributed by atoms with Crippen LogP contribution in [0.25, 0.3) is 0 Å². The fraction of sp³-hybridized carbons (Fsp3) is 1.00. The molecule has 0 aliphatic rings. The second-order valence-corrected chi connectivity index (χ2v) is 3.15. The molecule has 0 radical (unpaired) electrons. The van der Waals surface area contributed by atoms with Crippen molar-refractivity contribution < 1.29 is 14.9 Å². The van der Waals surface area contributed by atoms with Crippen molar-refractivity contribution in [1.82, 2.24) is 0 Å². The Hall–Kier alpha value is -0.120. The van der Waals surface area contributed by atoms with E-state index in [0.717, 1.165) is 0 Å². The quantitative estimate of drug-likeness (QED) is 0.512. The summed E-state index contributed by atoms with van der Waals surface area (Å²) >= 11 is 0. The van der Waals surface area contributed by atoms with Crippen molar-refractivity contribution in [1.29, 1.82) is 0 Å². The maximum Gasteiger partial charge on any atom is 0.275 e. The van der Waals surface area contributed by atoms with Crippen molar-refractivity contribution in [3.63, 3.8) is 0 Å². The minimum atomic E-state index is -2.02. The summed E-state index contributed by atoms with van der Waals surface area (Å²) in [6.07, 6.45) is 0. The maximum absolute atomic E-state index is 8.69. The summed E-state index contributed by atoms with van der Waals surface area (Å²) in [6.45, 7) is 6.42. The average Bonchev–Trinajstić information content (AvgIpc) is 1.14. The van der Waals surface area contributed by atoms with Crippen LogP contribution in [0.3, 0.4) is 0 Å². The lowest BCUT2D eigenvalue weighted by atomic mass is 10.2. The van der Waals surface area contributed by atoms with Crippen LogP contribution in [0.15, 0.2) is 0 Å². The molecule has 0 fully saturated rings. The first-order valence-electron chi connectivity index (χ1n) is 2.86. The first kappa shape index (κ1) is 8.88. The van der Waals surface area contributed by atoms with E-state index in [0.29, 0.717) is 0 Å². The van der Waals surface area contributed by atoms with Gasteiger partial charge in [-0.15, -0.1) is 0 Å². The maximum atomic E-state index is 8.69. The monoisotopic (exact) mass is 134 g/mol. The molecular weight excluding hydrogens is 120 g/mol. The summed E-state index contributed by atoms with van der Waals surface area (Å²) in [4.78, 5) is 0. The Morgan fingerprint density at radius 2 is 1.33 bits per heavy atom. The molecule has 3 heteroatoms. The highest BCUT2D eigenvalue weighted by Gasteiger charge is 2.24. The van der Waals surface area contributed by atoms with Gasteiger partial charge in [0, 0.05) is 6.92 Å². The smallest absolute Gasteiger partial charge is 0.275 e. The minimum Gasteiger partial charge on any atom is -0.344 e. The number of hydrogen-bond donors (Lipinski definition) is 2. The van der Waals surface area contributed by atoms with Crippen LogP contribution in [0.4, 0.5) is 0 Å². The highest BCUT2D eigenvalue weighted by atomic mass is 16.8. The van der Waals surface area contributed by atoms with E-state index in [1.807, 2.05) is 0 Å². The summed E-state index contributed by atoms with van der Waals surface area (Å²) in [6, 6.07) is 0. The third-order valence-corrected chi connectivity index (χ3v) is 0.500. The van der Waals surface area contributed by atoms with Gasteiger partial charge in [0.25, 0.3) is 5.97 Å². The van der Waals surface area contributed by atoms with Crippen LogP contribution in [-0.4, -0.2) is 21.8 Å². The van der Waals surface area contributed by atoms with Crippen molar-refractivity contribution in [2.75, 3.05) is 0 Å². The van der Waals surface area contributed by atoms with Crippen LogP contribution in [-0.2, 0) is 4.74 Å². The van der Waals surface area contributed by atoms with Crippen molar-refractivity contribution in [2.24, 2.45) is 0 Å². The average molecular weight is 134 g/mol. The molecule has 3 nitrogen and oxygen atoms in total. The lowest BCUT2D eigenvalue weighted by molar-refractivity contribution is -0.357. The van der Waals surface area contributed by atoms with E-state index in [1.54, 1.807) is 20.8 Å². The molecule has 2 N–H and O–H groups in total. The van der Waals surface area contributed by atoms with Crippen molar-refractivity contribution in [2.45, 2.75) is 39.3 Å². The molecule has 0 aromatic heterocycles. The van der Waals surface area contributed by atoms with Crippen LogP contribution in [0.2, 0.25) is 0 Å². The largest absolute Gasteiger partial charge is 0.344 e. The first-order valence-corrected chi connectivity index (χ1v) is 2.86. The SMILES string of the molecule is CC(C)(C)OC(C)(O)O. The number of ether oxygens (including phenoxy) is 1. The molecule has 0 bridgehead atoms. The second-order valence-electron chi connectivity index (χ2n) is 3.15. The van der Waals surface area contributed by atoms with Gasteiger partial charge in [-0.25, -0.2) is 0 Å². The van der Waals surface area contributed by atoms with E-state index in [4.69, 9.17) is 14.9 Å². The van der Waals surface area contributed by atoms with E-state index in [-0.39, 0.29) is 0 Å². The molecular formula is C6H14O3. The molecule has 9 heavy (non-hydrogen) atoms. The summed E-state index contributed by atoms with van der Waals surface area (Å²) in [5, 5.41) is 17.4. The Bertz CT molecular complexity index is 73.5. The summed E-state index contributed by atoms with van der Waals surface area (Å²) in [5.74, 6) is -2.02. The molecule has 0 atom stereocenters. The zero-order valence-corrected chi connectivity index (χ0v) is 6.30. The number of rotatable bonds is 1. The molecule has 0 aromatic carbocycles. The van der Waals surface area contributed by atoms with Gasteiger partial charge in [-0.3, -0.25) is 0 Å². The molecule has 0 aliphatic carbocycles. The molecule has 56 valence electrons. The standard InChI is InChI=1S/C6H14O3/c1-5(2,3)9-6(4,7)8/h7-8H,1-4H3.